The SMILES string of the molecule is CCOC(=O)N1CCC(NC(=NC)NCC2CCCN2C)CC1.I. The quantitative estimate of drug-likeness (QED) is 0.384. The van der Waals surface area contributed by atoms with Crippen molar-refractivity contribution in [1.82, 2.24) is 20.4 Å². The van der Waals surface area contributed by atoms with Gasteiger partial charge in [0.05, 0.1) is 6.61 Å². The lowest BCUT2D eigenvalue weighted by molar-refractivity contribution is 0.0963. The lowest BCUT2D eigenvalue weighted by atomic mass is 10.1. The number of nitrogens with zero attached hydrogens (tertiary/aromatic N) is 3. The van der Waals surface area contributed by atoms with Gasteiger partial charge < -0.3 is 25.2 Å². The molecule has 2 aliphatic rings. The molecule has 0 saturated carbocycles. The fourth-order valence-corrected chi connectivity index (χ4v) is 3.26. The molecule has 2 fully saturated rings. The zero-order chi connectivity index (χ0) is 16.7. The Labute approximate surface area is 162 Å². The van der Waals surface area contributed by atoms with Gasteiger partial charge in [-0.25, -0.2) is 4.79 Å². The standard InChI is InChI=1S/C16H31N5O2.HI/c1-4-23-16(22)21-10-7-13(8-11-21)19-15(17-2)18-12-14-6-5-9-20(14)3;/h13-14H,4-12H2,1-3H3,(H2,17,18,19);1H. The number of likely N-dealkylation sites (N-methyl/N-ethyl adjacent to an activating group) is 1. The molecule has 0 aliphatic carbocycles. The lowest BCUT2D eigenvalue weighted by Crippen LogP contribution is -2.51. The molecule has 0 aromatic carbocycles. The molecule has 7 nitrogen and oxygen atoms in total. The van der Waals surface area contributed by atoms with Crippen LogP contribution in [0.25, 0.3) is 0 Å². The van der Waals surface area contributed by atoms with Crippen molar-refractivity contribution in [3.05, 3.63) is 0 Å². The molecule has 1 unspecified atom stereocenters. The Bertz CT molecular complexity index is 413. The summed E-state index contributed by atoms with van der Waals surface area (Å²) in [4.78, 5) is 20.2. The summed E-state index contributed by atoms with van der Waals surface area (Å²) >= 11 is 0. The molecular formula is C16H32IN5O2. The first-order valence-corrected chi connectivity index (χ1v) is 8.73. The topological polar surface area (TPSA) is 69.2 Å². The molecule has 8 heteroatoms. The van der Waals surface area contributed by atoms with E-state index in [0.717, 1.165) is 38.4 Å². The zero-order valence-electron chi connectivity index (χ0n) is 15.1. The van der Waals surface area contributed by atoms with Gasteiger partial charge in [-0.05, 0) is 46.2 Å². The van der Waals surface area contributed by atoms with E-state index in [1.54, 1.807) is 11.9 Å². The highest BCUT2D eigenvalue weighted by atomic mass is 127. The van der Waals surface area contributed by atoms with Gasteiger partial charge in [0, 0.05) is 38.8 Å². The maximum atomic E-state index is 11.7. The molecule has 0 aromatic rings. The number of halogens is 1. The molecule has 1 amide bonds. The van der Waals surface area contributed by atoms with Gasteiger partial charge in [0.15, 0.2) is 5.96 Å². The first-order chi connectivity index (χ1) is 11.1. The van der Waals surface area contributed by atoms with Crippen LogP contribution in [0.5, 0.6) is 0 Å². The average Bonchev–Trinajstić information content (AvgIpc) is 2.97. The van der Waals surface area contributed by atoms with E-state index in [1.165, 1.54) is 19.4 Å². The van der Waals surface area contributed by atoms with E-state index < -0.39 is 0 Å². The number of hydrogen-bond donors (Lipinski definition) is 2. The Morgan fingerprint density at radius 1 is 1.25 bits per heavy atom. The second-order valence-corrected chi connectivity index (χ2v) is 6.33. The van der Waals surface area contributed by atoms with E-state index in [1.807, 2.05) is 6.92 Å². The number of piperidine rings is 1. The summed E-state index contributed by atoms with van der Waals surface area (Å²) < 4.78 is 5.05. The number of carbonyl (C=O) groups excluding carboxylic acids is 1. The molecule has 0 aromatic heterocycles. The van der Waals surface area contributed by atoms with Crippen LogP contribution in [0.2, 0.25) is 0 Å². The maximum absolute atomic E-state index is 11.7. The van der Waals surface area contributed by atoms with Gasteiger partial charge in [-0.3, -0.25) is 4.99 Å². The number of hydrogen-bond acceptors (Lipinski definition) is 4. The van der Waals surface area contributed by atoms with Crippen LogP contribution >= 0.6 is 24.0 Å². The lowest BCUT2D eigenvalue weighted by Gasteiger charge is -2.32. The molecule has 0 bridgehead atoms. The second-order valence-electron chi connectivity index (χ2n) is 6.33. The predicted molar refractivity (Wildman–Crippen MR) is 107 cm³/mol. The molecule has 2 rings (SSSR count). The van der Waals surface area contributed by atoms with Crippen molar-refractivity contribution in [1.29, 1.82) is 0 Å². The normalized spacial score (nSPS) is 22.9. The van der Waals surface area contributed by atoms with Crippen LogP contribution in [0.15, 0.2) is 4.99 Å². The fraction of sp³-hybridized carbons (Fsp3) is 0.875. The largest absolute Gasteiger partial charge is 0.450 e. The van der Waals surface area contributed by atoms with Crippen LogP contribution in [-0.2, 0) is 4.74 Å². The second kappa shape index (κ2) is 11.0. The van der Waals surface area contributed by atoms with Crippen LogP contribution in [0.4, 0.5) is 4.79 Å². The Balaban J connectivity index is 0.00000288. The van der Waals surface area contributed by atoms with Gasteiger partial charge in [-0.2, -0.15) is 0 Å². The van der Waals surface area contributed by atoms with Gasteiger partial charge in [-0.15, -0.1) is 24.0 Å². The molecule has 2 saturated heterocycles. The highest BCUT2D eigenvalue weighted by Gasteiger charge is 2.25. The molecule has 2 heterocycles. The van der Waals surface area contributed by atoms with E-state index in [4.69, 9.17) is 4.74 Å². The number of ether oxygens (including phenoxy) is 1. The molecule has 140 valence electrons. The number of aliphatic imine (C=N–C) groups is 1. The third-order valence-corrected chi connectivity index (χ3v) is 4.76. The third kappa shape index (κ3) is 6.27. The molecule has 2 N–H and O–H groups in total. The van der Waals surface area contributed by atoms with Crippen LogP contribution < -0.4 is 10.6 Å². The summed E-state index contributed by atoms with van der Waals surface area (Å²) in [6, 6.07) is 0.951. The summed E-state index contributed by atoms with van der Waals surface area (Å²) in [7, 11) is 3.99. The minimum atomic E-state index is -0.197. The summed E-state index contributed by atoms with van der Waals surface area (Å²) in [6.45, 7) is 5.85. The monoisotopic (exact) mass is 453 g/mol. The molecule has 2 aliphatic heterocycles. The van der Waals surface area contributed by atoms with Crippen molar-refractivity contribution in [2.75, 3.05) is 46.9 Å². The smallest absolute Gasteiger partial charge is 0.409 e. The van der Waals surface area contributed by atoms with Crippen molar-refractivity contribution in [3.63, 3.8) is 0 Å². The number of rotatable bonds is 4. The third-order valence-electron chi connectivity index (χ3n) is 4.76. The van der Waals surface area contributed by atoms with Gasteiger partial charge in [0.1, 0.15) is 0 Å². The minimum absolute atomic E-state index is 0. The summed E-state index contributed by atoms with van der Waals surface area (Å²) in [5, 5.41) is 6.91. The molecule has 1 atom stereocenters. The van der Waals surface area contributed by atoms with Gasteiger partial charge >= 0.3 is 6.09 Å². The van der Waals surface area contributed by atoms with Crippen molar-refractivity contribution >= 4 is 36.0 Å². The molecule has 0 spiro atoms. The van der Waals surface area contributed by atoms with Crippen molar-refractivity contribution in [3.8, 4) is 0 Å². The van der Waals surface area contributed by atoms with Gasteiger partial charge in [0.25, 0.3) is 0 Å². The summed E-state index contributed by atoms with van der Waals surface area (Å²) in [5.41, 5.74) is 0. The minimum Gasteiger partial charge on any atom is -0.450 e. The van der Waals surface area contributed by atoms with Crippen molar-refractivity contribution < 1.29 is 9.53 Å². The molecule has 24 heavy (non-hydrogen) atoms. The van der Waals surface area contributed by atoms with Crippen LogP contribution in [0.3, 0.4) is 0 Å². The van der Waals surface area contributed by atoms with Crippen LogP contribution in [0.1, 0.15) is 32.6 Å². The Morgan fingerprint density at radius 3 is 2.50 bits per heavy atom. The Hall–Kier alpha value is -0.770. The van der Waals surface area contributed by atoms with Gasteiger partial charge in [0.2, 0.25) is 0 Å². The first-order valence-electron chi connectivity index (χ1n) is 8.73. The number of guanidine groups is 1. The number of likely N-dealkylation sites (tertiary alicyclic amines) is 2. The number of amides is 1. The van der Waals surface area contributed by atoms with Gasteiger partial charge in [-0.1, -0.05) is 0 Å². The number of nitrogens with one attached hydrogen (secondary N) is 2. The summed E-state index contributed by atoms with van der Waals surface area (Å²) in [6.07, 6.45) is 4.17. The van der Waals surface area contributed by atoms with E-state index in [2.05, 4.69) is 27.6 Å². The van der Waals surface area contributed by atoms with E-state index in [9.17, 15) is 4.79 Å². The van der Waals surface area contributed by atoms with Crippen molar-refractivity contribution in [2.24, 2.45) is 4.99 Å². The first kappa shape index (κ1) is 21.3. The zero-order valence-corrected chi connectivity index (χ0v) is 17.4. The maximum Gasteiger partial charge on any atom is 0.409 e. The highest BCUT2D eigenvalue weighted by molar-refractivity contribution is 14.0. The highest BCUT2D eigenvalue weighted by Crippen LogP contribution is 2.14. The van der Waals surface area contributed by atoms with E-state index >= 15 is 0 Å². The molecule has 0 radical (unpaired) electrons. The number of carbonyl (C=O) groups is 1. The summed E-state index contributed by atoms with van der Waals surface area (Å²) in [5.74, 6) is 0.861. The van der Waals surface area contributed by atoms with E-state index in [0.29, 0.717) is 18.7 Å². The van der Waals surface area contributed by atoms with Crippen LogP contribution in [0, 0.1) is 0 Å². The molecular weight excluding hydrogens is 421 g/mol. The van der Waals surface area contributed by atoms with E-state index in [-0.39, 0.29) is 30.1 Å². The predicted octanol–water partition coefficient (Wildman–Crippen LogP) is 1.48. The average molecular weight is 453 g/mol. The fourth-order valence-electron chi connectivity index (χ4n) is 3.26. The Kier molecular flexibility index (Phi) is 9.72. The Morgan fingerprint density at radius 2 is 1.96 bits per heavy atom. The van der Waals surface area contributed by atoms with Crippen molar-refractivity contribution in [2.45, 2.75) is 44.7 Å². The van der Waals surface area contributed by atoms with Crippen LogP contribution in [-0.4, -0.2) is 80.8 Å².